The van der Waals surface area contributed by atoms with Gasteiger partial charge in [0.25, 0.3) is 5.91 Å². The minimum absolute atomic E-state index is 0.0330. The molecule has 0 unspecified atom stereocenters. The number of fused-ring (bicyclic) bond motifs is 1. The number of carbonyl (C=O) groups excluding carboxylic acids is 1. The number of rotatable bonds is 7. The Hall–Kier alpha value is -4.27. The van der Waals surface area contributed by atoms with Crippen molar-refractivity contribution in [2.75, 3.05) is 62.8 Å². The Morgan fingerprint density at radius 2 is 1.69 bits per heavy atom. The predicted octanol–water partition coefficient (Wildman–Crippen LogP) is 4.64. The van der Waals surface area contributed by atoms with Crippen LogP contribution in [0, 0.1) is 0 Å². The van der Waals surface area contributed by atoms with Crippen LogP contribution in [0.15, 0.2) is 85.1 Å². The lowest BCUT2D eigenvalue weighted by molar-refractivity contribution is -0.121. The monoisotopic (exact) mass is 521 g/mol. The Bertz CT molecular complexity index is 1460. The predicted molar refractivity (Wildman–Crippen MR) is 153 cm³/mol. The summed E-state index contributed by atoms with van der Waals surface area (Å²) in [5.74, 6) is 1.27. The van der Waals surface area contributed by atoms with Crippen LogP contribution in [-0.2, 0) is 9.53 Å². The average molecular weight is 522 g/mol. The van der Waals surface area contributed by atoms with E-state index in [9.17, 15) is 4.79 Å². The normalized spacial score (nSPS) is 15.5. The lowest BCUT2D eigenvalue weighted by atomic mass is 10.1. The van der Waals surface area contributed by atoms with E-state index in [4.69, 9.17) is 14.5 Å². The van der Waals surface area contributed by atoms with Gasteiger partial charge in [0.2, 0.25) is 5.95 Å². The van der Waals surface area contributed by atoms with Gasteiger partial charge in [-0.1, -0.05) is 42.5 Å². The summed E-state index contributed by atoms with van der Waals surface area (Å²) in [5.41, 5.74) is 5.74. The molecule has 1 fully saturated rings. The highest BCUT2D eigenvalue weighted by atomic mass is 16.5. The van der Waals surface area contributed by atoms with E-state index >= 15 is 0 Å². The van der Waals surface area contributed by atoms with Gasteiger partial charge in [0.15, 0.2) is 6.61 Å². The summed E-state index contributed by atoms with van der Waals surface area (Å²) in [6.07, 6.45) is 1.77. The molecule has 0 radical (unpaired) electrons. The van der Waals surface area contributed by atoms with Gasteiger partial charge in [0.05, 0.1) is 24.6 Å². The Balaban J connectivity index is 1.25. The molecule has 4 aromatic rings. The molecule has 0 bridgehead atoms. The number of morpholine rings is 1. The number of aromatic nitrogens is 2. The van der Waals surface area contributed by atoms with Gasteiger partial charge >= 0.3 is 0 Å². The lowest BCUT2D eigenvalue weighted by Crippen LogP contribution is -2.45. The van der Waals surface area contributed by atoms with Gasteiger partial charge in [-0.15, -0.1) is 0 Å². The SMILES string of the molecule is CN(c1cccc(-c2ccccc2)c1)c1nccc(-c2ccc3c(c2)N(CCN2CCOCC2)C(=O)CO3)n1. The third kappa shape index (κ3) is 5.48. The van der Waals surface area contributed by atoms with Gasteiger partial charge in [-0.3, -0.25) is 9.69 Å². The summed E-state index contributed by atoms with van der Waals surface area (Å²) < 4.78 is 11.2. The standard InChI is InChI=1S/C31H31N5O3/c1-34(26-9-5-8-24(20-26)23-6-3-2-4-7-23)31-32-13-12-27(33-31)25-10-11-29-28(21-25)36(30(37)22-39-29)15-14-35-16-18-38-19-17-35/h2-13,20-21H,14-19,22H2,1H3. The molecule has 2 aliphatic heterocycles. The fraction of sp³-hybridized carbons (Fsp3) is 0.258. The molecular weight excluding hydrogens is 490 g/mol. The third-order valence-electron chi connectivity index (χ3n) is 7.22. The van der Waals surface area contributed by atoms with E-state index in [1.54, 1.807) is 6.20 Å². The van der Waals surface area contributed by atoms with Gasteiger partial charge in [-0.25, -0.2) is 9.97 Å². The Kier molecular flexibility index (Phi) is 7.21. The lowest BCUT2D eigenvalue weighted by Gasteiger charge is -2.33. The quantitative estimate of drug-likeness (QED) is 0.351. The maximum absolute atomic E-state index is 12.8. The molecule has 0 spiro atoms. The zero-order valence-corrected chi connectivity index (χ0v) is 22.0. The van der Waals surface area contributed by atoms with Crippen LogP contribution in [0.3, 0.4) is 0 Å². The largest absolute Gasteiger partial charge is 0.482 e. The van der Waals surface area contributed by atoms with Crippen molar-refractivity contribution in [2.24, 2.45) is 0 Å². The van der Waals surface area contributed by atoms with Crippen LogP contribution in [0.4, 0.5) is 17.3 Å². The van der Waals surface area contributed by atoms with E-state index in [0.29, 0.717) is 18.2 Å². The van der Waals surface area contributed by atoms with Crippen molar-refractivity contribution in [3.63, 3.8) is 0 Å². The molecular formula is C31H31N5O3. The van der Waals surface area contributed by atoms with Gasteiger partial charge in [0.1, 0.15) is 5.75 Å². The molecule has 0 saturated carbocycles. The molecule has 8 nitrogen and oxygen atoms in total. The van der Waals surface area contributed by atoms with Gasteiger partial charge < -0.3 is 19.3 Å². The maximum atomic E-state index is 12.8. The molecule has 3 aromatic carbocycles. The molecule has 39 heavy (non-hydrogen) atoms. The summed E-state index contributed by atoms with van der Waals surface area (Å²) in [6.45, 7) is 4.70. The van der Waals surface area contributed by atoms with Crippen molar-refractivity contribution in [3.8, 4) is 28.1 Å². The second-order valence-corrected chi connectivity index (χ2v) is 9.69. The van der Waals surface area contributed by atoms with E-state index in [1.807, 2.05) is 65.4 Å². The van der Waals surface area contributed by atoms with Crippen LogP contribution in [-0.4, -0.2) is 73.8 Å². The molecule has 8 heteroatoms. The van der Waals surface area contributed by atoms with Crippen molar-refractivity contribution >= 4 is 23.2 Å². The van der Waals surface area contributed by atoms with Gasteiger partial charge in [0, 0.05) is 50.7 Å². The van der Waals surface area contributed by atoms with Crippen molar-refractivity contribution < 1.29 is 14.3 Å². The highest BCUT2D eigenvalue weighted by Gasteiger charge is 2.27. The number of benzene rings is 3. The number of hydrogen-bond acceptors (Lipinski definition) is 7. The van der Waals surface area contributed by atoms with Gasteiger partial charge in [-0.05, 0) is 47.5 Å². The van der Waals surface area contributed by atoms with Crippen molar-refractivity contribution in [1.29, 1.82) is 0 Å². The molecule has 2 aliphatic rings. The molecule has 3 heterocycles. The van der Waals surface area contributed by atoms with E-state index in [-0.39, 0.29) is 12.5 Å². The molecule has 0 N–H and O–H groups in total. The average Bonchev–Trinajstić information content (AvgIpc) is 3.01. The Morgan fingerprint density at radius 1 is 0.872 bits per heavy atom. The molecule has 1 amide bonds. The number of nitrogens with zero attached hydrogens (tertiary/aromatic N) is 5. The molecule has 0 aliphatic carbocycles. The molecule has 6 rings (SSSR count). The van der Waals surface area contributed by atoms with Crippen molar-refractivity contribution in [1.82, 2.24) is 14.9 Å². The number of ether oxygens (including phenoxy) is 2. The van der Waals surface area contributed by atoms with Crippen molar-refractivity contribution in [3.05, 3.63) is 85.1 Å². The van der Waals surface area contributed by atoms with Crippen LogP contribution in [0.25, 0.3) is 22.4 Å². The molecule has 0 atom stereocenters. The van der Waals surface area contributed by atoms with Crippen LogP contribution in [0.5, 0.6) is 5.75 Å². The van der Waals surface area contributed by atoms with E-state index in [1.165, 1.54) is 0 Å². The van der Waals surface area contributed by atoms with E-state index in [2.05, 4.69) is 40.2 Å². The Labute approximate surface area is 228 Å². The van der Waals surface area contributed by atoms with Gasteiger partial charge in [-0.2, -0.15) is 0 Å². The van der Waals surface area contributed by atoms with E-state index < -0.39 is 0 Å². The molecule has 198 valence electrons. The minimum atomic E-state index is -0.0330. The smallest absolute Gasteiger partial charge is 0.265 e. The Morgan fingerprint density at radius 3 is 2.54 bits per heavy atom. The van der Waals surface area contributed by atoms with Crippen LogP contribution >= 0.6 is 0 Å². The summed E-state index contributed by atoms with van der Waals surface area (Å²) in [4.78, 5) is 28.4. The summed E-state index contributed by atoms with van der Waals surface area (Å²) in [5, 5.41) is 0. The molecule has 1 saturated heterocycles. The zero-order chi connectivity index (χ0) is 26.6. The number of anilines is 3. The summed E-state index contributed by atoms with van der Waals surface area (Å²) in [7, 11) is 1.97. The second kappa shape index (κ2) is 11.2. The number of amides is 1. The fourth-order valence-corrected chi connectivity index (χ4v) is 4.98. The first-order valence-electron chi connectivity index (χ1n) is 13.3. The highest BCUT2D eigenvalue weighted by molar-refractivity contribution is 5.98. The second-order valence-electron chi connectivity index (χ2n) is 9.69. The third-order valence-corrected chi connectivity index (χ3v) is 7.22. The van der Waals surface area contributed by atoms with Crippen molar-refractivity contribution in [2.45, 2.75) is 0 Å². The first-order valence-corrected chi connectivity index (χ1v) is 13.3. The summed E-state index contributed by atoms with van der Waals surface area (Å²) >= 11 is 0. The number of hydrogen-bond donors (Lipinski definition) is 0. The fourth-order valence-electron chi connectivity index (χ4n) is 4.98. The zero-order valence-electron chi connectivity index (χ0n) is 22.0. The summed E-state index contributed by atoms with van der Waals surface area (Å²) in [6, 6.07) is 26.4. The number of carbonyl (C=O) groups is 1. The highest BCUT2D eigenvalue weighted by Crippen LogP contribution is 2.36. The van der Waals surface area contributed by atoms with Crippen LogP contribution < -0.4 is 14.5 Å². The van der Waals surface area contributed by atoms with E-state index in [0.717, 1.165) is 66.6 Å². The van der Waals surface area contributed by atoms with Crippen LogP contribution in [0.1, 0.15) is 0 Å². The minimum Gasteiger partial charge on any atom is -0.482 e. The molecule has 1 aromatic heterocycles. The van der Waals surface area contributed by atoms with Crippen LogP contribution in [0.2, 0.25) is 0 Å². The first kappa shape index (κ1) is 25.0. The topological polar surface area (TPSA) is 71.0 Å². The first-order chi connectivity index (χ1) is 19.2. The maximum Gasteiger partial charge on any atom is 0.265 e.